The summed E-state index contributed by atoms with van der Waals surface area (Å²) in [5, 5.41) is 3.38. The normalized spacial score (nSPS) is 21.1. The first-order valence-electron chi connectivity index (χ1n) is 6.82. The van der Waals surface area contributed by atoms with Crippen LogP contribution in [0.5, 0.6) is 0 Å². The maximum atomic E-state index is 5.38. The van der Waals surface area contributed by atoms with Gasteiger partial charge in [0.25, 0.3) is 0 Å². The molecule has 18 heavy (non-hydrogen) atoms. The lowest BCUT2D eigenvalue weighted by molar-refractivity contribution is 0.122. The fourth-order valence-corrected chi connectivity index (χ4v) is 2.62. The molecule has 0 saturated carbocycles. The minimum atomic E-state index is 0.847. The third-order valence-corrected chi connectivity index (χ3v) is 3.71. The highest BCUT2D eigenvalue weighted by molar-refractivity contribution is 5.56. The van der Waals surface area contributed by atoms with Crippen LogP contribution in [-0.4, -0.2) is 52.5 Å². The highest BCUT2D eigenvalue weighted by Gasteiger charge is 2.13. The maximum Gasteiger partial charge on any atom is 0.0642 e. The van der Waals surface area contributed by atoms with Crippen molar-refractivity contribution in [3.05, 3.63) is 24.3 Å². The van der Waals surface area contributed by atoms with E-state index in [1.807, 2.05) is 0 Å². The summed E-state index contributed by atoms with van der Waals surface area (Å²) < 4.78 is 5.38. The van der Waals surface area contributed by atoms with Gasteiger partial charge in [-0.2, -0.15) is 0 Å². The van der Waals surface area contributed by atoms with E-state index in [0.717, 1.165) is 52.5 Å². The lowest BCUT2D eigenvalue weighted by Crippen LogP contribution is -2.43. The van der Waals surface area contributed by atoms with E-state index in [9.17, 15) is 0 Å². The van der Waals surface area contributed by atoms with Crippen LogP contribution in [0.3, 0.4) is 0 Å². The Morgan fingerprint density at radius 2 is 1.28 bits per heavy atom. The molecule has 0 spiro atoms. The van der Waals surface area contributed by atoms with Gasteiger partial charge in [0, 0.05) is 50.6 Å². The van der Waals surface area contributed by atoms with Crippen LogP contribution >= 0.6 is 0 Å². The summed E-state index contributed by atoms with van der Waals surface area (Å²) in [5.74, 6) is 0. The first kappa shape index (κ1) is 11.8. The molecule has 0 amide bonds. The Morgan fingerprint density at radius 1 is 0.778 bits per heavy atom. The second-order valence-corrected chi connectivity index (χ2v) is 4.85. The van der Waals surface area contributed by atoms with E-state index in [-0.39, 0.29) is 0 Å². The van der Waals surface area contributed by atoms with Gasteiger partial charge in [-0.3, -0.25) is 0 Å². The fraction of sp³-hybridized carbons (Fsp3) is 0.571. The molecule has 1 aromatic rings. The van der Waals surface area contributed by atoms with Crippen molar-refractivity contribution in [2.45, 2.75) is 0 Å². The van der Waals surface area contributed by atoms with Crippen LogP contribution in [0, 0.1) is 0 Å². The monoisotopic (exact) mass is 247 g/mol. The van der Waals surface area contributed by atoms with E-state index in [4.69, 9.17) is 4.74 Å². The van der Waals surface area contributed by atoms with Crippen molar-refractivity contribution < 1.29 is 4.74 Å². The molecule has 2 aliphatic heterocycles. The number of benzene rings is 1. The zero-order valence-electron chi connectivity index (χ0n) is 10.8. The van der Waals surface area contributed by atoms with Crippen LogP contribution in [0.15, 0.2) is 24.3 Å². The molecular weight excluding hydrogens is 226 g/mol. The third-order valence-electron chi connectivity index (χ3n) is 3.71. The van der Waals surface area contributed by atoms with Gasteiger partial charge in [0.15, 0.2) is 0 Å². The van der Waals surface area contributed by atoms with Gasteiger partial charge in [0.1, 0.15) is 0 Å². The molecule has 2 aliphatic rings. The minimum Gasteiger partial charge on any atom is -0.378 e. The van der Waals surface area contributed by atoms with Crippen LogP contribution in [0.1, 0.15) is 0 Å². The van der Waals surface area contributed by atoms with E-state index in [1.54, 1.807) is 0 Å². The summed E-state index contributed by atoms with van der Waals surface area (Å²) in [4.78, 5) is 4.84. The van der Waals surface area contributed by atoms with E-state index in [0.29, 0.717) is 0 Å². The number of rotatable bonds is 2. The summed E-state index contributed by atoms with van der Waals surface area (Å²) in [5.41, 5.74) is 2.66. The number of nitrogens with one attached hydrogen (secondary N) is 1. The standard InChI is InChI=1S/C14H21N3O/c1-3-14(17-9-11-18-12-10-17)4-2-13(1)16-7-5-15-6-8-16/h1-4,15H,5-12H2. The Bertz CT molecular complexity index is 330. The molecular formula is C14H21N3O. The average Bonchev–Trinajstić information content (AvgIpc) is 2.49. The van der Waals surface area contributed by atoms with Gasteiger partial charge < -0.3 is 19.9 Å². The summed E-state index contributed by atoms with van der Waals surface area (Å²) in [6.07, 6.45) is 0. The number of hydrogen-bond acceptors (Lipinski definition) is 4. The molecule has 1 N–H and O–H groups in total. The molecule has 2 fully saturated rings. The Morgan fingerprint density at radius 3 is 1.83 bits per heavy atom. The molecule has 0 aliphatic carbocycles. The highest BCUT2D eigenvalue weighted by atomic mass is 16.5. The quantitative estimate of drug-likeness (QED) is 0.841. The summed E-state index contributed by atoms with van der Waals surface area (Å²) in [6.45, 7) is 8.10. The van der Waals surface area contributed by atoms with Crippen molar-refractivity contribution in [1.82, 2.24) is 5.32 Å². The number of morpholine rings is 1. The predicted molar refractivity (Wildman–Crippen MR) is 74.6 cm³/mol. The topological polar surface area (TPSA) is 27.7 Å². The van der Waals surface area contributed by atoms with Crippen molar-refractivity contribution in [2.24, 2.45) is 0 Å². The van der Waals surface area contributed by atoms with Crippen LogP contribution in [0.4, 0.5) is 11.4 Å². The first-order valence-corrected chi connectivity index (χ1v) is 6.82. The van der Waals surface area contributed by atoms with E-state index in [2.05, 4.69) is 39.4 Å². The lowest BCUT2D eigenvalue weighted by atomic mass is 10.2. The van der Waals surface area contributed by atoms with Crippen molar-refractivity contribution in [1.29, 1.82) is 0 Å². The van der Waals surface area contributed by atoms with Crippen molar-refractivity contribution in [3.8, 4) is 0 Å². The first-order chi connectivity index (χ1) is 8.93. The average molecular weight is 247 g/mol. The number of nitrogens with zero attached hydrogens (tertiary/aromatic N) is 2. The molecule has 2 saturated heterocycles. The van der Waals surface area contributed by atoms with Gasteiger partial charge in [-0.1, -0.05) is 0 Å². The van der Waals surface area contributed by atoms with Crippen LogP contribution in [-0.2, 0) is 4.74 Å². The number of hydrogen-bond donors (Lipinski definition) is 1. The molecule has 0 unspecified atom stereocenters. The predicted octanol–water partition coefficient (Wildman–Crippen LogP) is 0.933. The molecule has 3 rings (SSSR count). The summed E-state index contributed by atoms with van der Waals surface area (Å²) >= 11 is 0. The number of ether oxygens (including phenoxy) is 1. The highest BCUT2D eigenvalue weighted by Crippen LogP contribution is 2.21. The largest absolute Gasteiger partial charge is 0.378 e. The van der Waals surface area contributed by atoms with Crippen LogP contribution in [0.25, 0.3) is 0 Å². The van der Waals surface area contributed by atoms with Gasteiger partial charge >= 0.3 is 0 Å². The van der Waals surface area contributed by atoms with Crippen LogP contribution in [0.2, 0.25) is 0 Å². The van der Waals surface area contributed by atoms with E-state index < -0.39 is 0 Å². The molecule has 4 heteroatoms. The zero-order chi connectivity index (χ0) is 12.2. The lowest BCUT2D eigenvalue weighted by Gasteiger charge is -2.31. The molecule has 4 nitrogen and oxygen atoms in total. The summed E-state index contributed by atoms with van der Waals surface area (Å²) in [6, 6.07) is 8.97. The Hall–Kier alpha value is -1.26. The number of anilines is 2. The molecule has 2 heterocycles. The van der Waals surface area contributed by atoms with Gasteiger partial charge in [0.05, 0.1) is 13.2 Å². The van der Waals surface area contributed by atoms with Gasteiger partial charge in [-0.15, -0.1) is 0 Å². The fourth-order valence-electron chi connectivity index (χ4n) is 2.62. The zero-order valence-corrected chi connectivity index (χ0v) is 10.8. The second kappa shape index (κ2) is 5.59. The molecule has 0 aromatic heterocycles. The van der Waals surface area contributed by atoms with Gasteiger partial charge in [-0.05, 0) is 24.3 Å². The molecule has 0 radical (unpaired) electrons. The number of piperazine rings is 1. The SMILES string of the molecule is c1cc(N2CCOCC2)ccc1N1CCNCC1. The van der Waals surface area contributed by atoms with Crippen molar-refractivity contribution in [3.63, 3.8) is 0 Å². The maximum absolute atomic E-state index is 5.38. The molecule has 0 atom stereocenters. The smallest absolute Gasteiger partial charge is 0.0642 e. The Balaban J connectivity index is 1.67. The van der Waals surface area contributed by atoms with E-state index >= 15 is 0 Å². The van der Waals surface area contributed by atoms with E-state index in [1.165, 1.54) is 11.4 Å². The van der Waals surface area contributed by atoms with Gasteiger partial charge in [0.2, 0.25) is 0 Å². The molecule has 98 valence electrons. The van der Waals surface area contributed by atoms with Crippen molar-refractivity contribution >= 4 is 11.4 Å². The molecule has 0 bridgehead atoms. The second-order valence-electron chi connectivity index (χ2n) is 4.85. The Labute approximate surface area is 109 Å². The van der Waals surface area contributed by atoms with Crippen molar-refractivity contribution in [2.75, 3.05) is 62.3 Å². The third kappa shape index (κ3) is 2.60. The minimum absolute atomic E-state index is 0.847. The summed E-state index contributed by atoms with van der Waals surface area (Å²) in [7, 11) is 0. The van der Waals surface area contributed by atoms with Gasteiger partial charge in [-0.25, -0.2) is 0 Å². The Kier molecular flexibility index (Phi) is 3.67. The van der Waals surface area contributed by atoms with Crippen LogP contribution < -0.4 is 15.1 Å². The molecule has 1 aromatic carbocycles.